The molecule has 0 aliphatic heterocycles. The second kappa shape index (κ2) is 5.53. The Bertz CT molecular complexity index is 346. The highest BCUT2D eigenvalue weighted by Gasteiger charge is 2.13. The van der Waals surface area contributed by atoms with Crippen LogP contribution in [0.5, 0.6) is 0 Å². The summed E-state index contributed by atoms with van der Waals surface area (Å²) in [5.74, 6) is -0.253. The SMILES string of the molecule is Fc1cc(Cl)ccc1NC1CCCCCC1. The third-order valence-electron chi connectivity index (χ3n) is 3.15. The fraction of sp³-hybridized carbons (Fsp3) is 0.538. The van der Waals surface area contributed by atoms with Gasteiger partial charge in [-0.3, -0.25) is 0 Å². The van der Waals surface area contributed by atoms with E-state index >= 15 is 0 Å². The van der Waals surface area contributed by atoms with Gasteiger partial charge < -0.3 is 5.32 Å². The summed E-state index contributed by atoms with van der Waals surface area (Å²) in [6, 6.07) is 5.23. The average molecular weight is 242 g/mol. The zero-order valence-electron chi connectivity index (χ0n) is 9.31. The van der Waals surface area contributed by atoms with Crippen molar-refractivity contribution in [1.29, 1.82) is 0 Å². The topological polar surface area (TPSA) is 12.0 Å². The van der Waals surface area contributed by atoms with Crippen LogP contribution in [0.25, 0.3) is 0 Å². The summed E-state index contributed by atoms with van der Waals surface area (Å²) in [5.41, 5.74) is 0.580. The normalized spacial score (nSPS) is 18.1. The van der Waals surface area contributed by atoms with E-state index in [9.17, 15) is 4.39 Å². The Hall–Kier alpha value is -0.760. The van der Waals surface area contributed by atoms with E-state index in [4.69, 9.17) is 11.6 Å². The van der Waals surface area contributed by atoms with Crippen LogP contribution in [0.2, 0.25) is 5.02 Å². The zero-order valence-corrected chi connectivity index (χ0v) is 10.1. The molecule has 0 atom stereocenters. The molecule has 0 saturated heterocycles. The molecule has 0 unspecified atom stereocenters. The lowest BCUT2D eigenvalue weighted by Gasteiger charge is -2.18. The second-order valence-corrected chi connectivity index (χ2v) is 4.89. The van der Waals surface area contributed by atoms with Gasteiger partial charge in [-0.25, -0.2) is 4.39 Å². The summed E-state index contributed by atoms with van der Waals surface area (Å²) in [5, 5.41) is 3.73. The first-order valence-corrected chi connectivity index (χ1v) is 6.35. The van der Waals surface area contributed by atoms with Crippen molar-refractivity contribution in [3.63, 3.8) is 0 Å². The van der Waals surface area contributed by atoms with Crippen molar-refractivity contribution in [3.05, 3.63) is 29.0 Å². The van der Waals surface area contributed by atoms with Crippen molar-refractivity contribution >= 4 is 17.3 Å². The van der Waals surface area contributed by atoms with Crippen molar-refractivity contribution < 1.29 is 4.39 Å². The second-order valence-electron chi connectivity index (χ2n) is 4.46. The fourth-order valence-electron chi connectivity index (χ4n) is 2.25. The van der Waals surface area contributed by atoms with E-state index in [2.05, 4.69) is 5.32 Å². The summed E-state index contributed by atoms with van der Waals surface area (Å²) < 4.78 is 13.6. The van der Waals surface area contributed by atoms with Gasteiger partial charge in [0.15, 0.2) is 0 Å². The minimum Gasteiger partial charge on any atom is -0.380 e. The van der Waals surface area contributed by atoms with Gasteiger partial charge >= 0.3 is 0 Å². The lowest BCUT2D eigenvalue weighted by atomic mass is 10.1. The van der Waals surface area contributed by atoms with E-state index in [0.717, 1.165) is 12.8 Å². The Labute approximate surface area is 101 Å². The predicted molar refractivity (Wildman–Crippen MR) is 66.5 cm³/mol. The number of nitrogens with one attached hydrogen (secondary N) is 1. The van der Waals surface area contributed by atoms with Gasteiger partial charge in [-0.2, -0.15) is 0 Å². The molecule has 0 aromatic heterocycles. The van der Waals surface area contributed by atoms with Gasteiger partial charge in [-0.05, 0) is 31.0 Å². The summed E-state index contributed by atoms with van der Waals surface area (Å²) in [4.78, 5) is 0. The maximum atomic E-state index is 13.6. The molecule has 16 heavy (non-hydrogen) atoms. The Balaban J connectivity index is 2.01. The highest BCUT2D eigenvalue weighted by atomic mass is 35.5. The van der Waals surface area contributed by atoms with Crippen LogP contribution >= 0.6 is 11.6 Å². The monoisotopic (exact) mass is 241 g/mol. The molecule has 0 spiro atoms. The number of anilines is 1. The van der Waals surface area contributed by atoms with Gasteiger partial charge in [0.05, 0.1) is 5.69 Å². The molecule has 1 aliphatic carbocycles. The first kappa shape index (κ1) is 11.7. The standard InChI is InChI=1S/C13H17ClFN/c14-10-7-8-13(12(15)9-10)16-11-5-3-1-2-4-6-11/h7-9,11,16H,1-6H2. The van der Waals surface area contributed by atoms with Crippen LogP contribution in [-0.4, -0.2) is 6.04 Å². The number of hydrogen-bond acceptors (Lipinski definition) is 1. The Morgan fingerprint density at radius 1 is 1.12 bits per heavy atom. The zero-order chi connectivity index (χ0) is 11.4. The van der Waals surface area contributed by atoms with Crippen molar-refractivity contribution in [2.75, 3.05) is 5.32 Å². The molecule has 0 amide bonds. The van der Waals surface area contributed by atoms with E-state index in [1.807, 2.05) is 0 Å². The van der Waals surface area contributed by atoms with Crippen molar-refractivity contribution in [2.45, 2.75) is 44.6 Å². The third kappa shape index (κ3) is 3.11. The smallest absolute Gasteiger partial charge is 0.147 e. The van der Waals surface area contributed by atoms with Crippen LogP contribution in [0.1, 0.15) is 38.5 Å². The van der Waals surface area contributed by atoms with Crippen LogP contribution < -0.4 is 5.32 Å². The molecule has 1 saturated carbocycles. The lowest BCUT2D eigenvalue weighted by Crippen LogP contribution is -2.18. The van der Waals surface area contributed by atoms with Crippen LogP contribution in [0, 0.1) is 5.82 Å². The fourth-order valence-corrected chi connectivity index (χ4v) is 2.41. The quantitative estimate of drug-likeness (QED) is 0.746. The van der Waals surface area contributed by atoms with Crippen LogP contribution in [0.4, 0.5) is 10.1 Å². The Kier molecular flexibility index (Phi) is 4.05. The molecule has 88 valence electrons. The number of benzene rings is 1. The molecule has 1 aliphatic rings. The summed E-state index contributed by atoms with van der Waals surface area (Å²) in [6.07, 6.45) is 7.38. The third-order valence-corrected chi connectivity index (χ3v) is 3.38. The highest BCUT2D eigenvalue weighted by molar-refractivity contribution is 6.30. The average Bonchev–Trinajstić information content (AvgIpc) is 2.51. The number of rotatable bonds is 2. The van der Waals surface area contributed by atoms with E-state index < -0.39 is 0 Å². The van der Waals surface area contributed by atoms with Crippen molar-refractivity contribution in [3.8, 4) is 0 Å². The van der Waals surface area contributed by atoms with E-state index in [0.29, 0.717) is 16.8 Å². The molecule has 1 aromatic rings. The Morgan fingerprint density at radius 2 is 1.81 bits per heavy atom. The summed E-state index contributed by atoms with van der Waals surface area (Å²) in [7, 11) is 0. The molecule has 1 fully saturated rings. The van der Waals surface area contributed by atoms with Gasteiger partial charge in [0.2, 0.25) is 0 Å². The minimum atomic E-state index is -0.253. The van der Waals surface area contributed by atoms with Crippen molar-refractivity contribution in [2.24, 2.45) is 0 Å². The van der Waals surface area contributed by atoms with Crippen LogP contribution in [0.3, 0.4) is 0 Å². The molecule has 0 bridgehead atoms. The molecule has 2 rings (SSSR count). The summed E-state index contributed by atoms with van der Waals surface area (Å²) in [6.45, 7) is 0. The maximum absolute atomic E-state index is 13.6. The molecule has 1 aromatic carbocycles. The largest absolute Gasteiger partial charge is 0.380 e. The van der Waals surface area contributed by atoms with Crippen LogP contribution in [-0.2, 0) is 0 Å². The summed E-state index contributed by atoms with van der Waals surface area (Å²) >= 11 is 5.72. The molecular weight excluding hydrogens is 225 g/mol. The minimum absolute atomic E-state index is 0.253. The molecule has 0 radical (unpaired) electrons. The van der Waals surface area contributed by atoms with Crippen LogP contribution in [0.15, 0.2) is 18.2 Å². The lowest BCUT2D eigenvalue weighted by molar-refractivity contribution is 0.597. The molecule has 3 heteroatoms. The molecule has 1 nitrogen and oxygen atoms in total. The number of hydrogen-bond donors (Lipinski definition) is 1. The highest BCUT2D eigenvalue weighted by Crippen LogP contribution is 2.24. The first-order chi connectivity index (χ1) is 7.75. The van der Waals surface area contributed by atoms with Gasteiger partial charge in [-0.15, -0.1) is 0 Å². The molecule has 0 heterocycles. The number of halogens is 2. The van der Waals surface area contributed by atoms with E-state index in [1.165, 1.54) is 31.7 Å². The maximum Gasteiger partial charge on any atom is 0.147 e. The molecule has 1 N–H and O–H groups in total. The predicted octanol–water partition coefficient (Wildman–Crippen LogP) is 4.61. The van der Waals surface area contributed by atoms with E-state index in [-0.39, 0.29) is 5.82 Å². The van der Waals surface area contributed by atoms with Crippen molar-refractivity contribution in [1.82, 2.24) is 0 Å². The van der Waals surface area contributed by atoms with Gasteiger partial charge in [0, 0.05) is 11.1 Å². The molecular formula is C13H17ClFN. The van der Waals surface area contributed by atoms with Gasteiger partial charge in [0.1, 0.15) is 5.82 Å². The van der Waals surface area contributed by atoms with Gasteiger partial charge in [-0.1, -0.05) is 37.3 Å². The first-order valence-electron chi connectivity index (χ1n) is 5.97. The van der Waals surface area contributed by atoms with E-state index in [1.54, 1.807) is 12.1 Å². The van der Waals surface area contributed by atoms with Gasteiger partial charge in [0.25, 0.3) is 0 Å². The Morgan fingerprint density at radius 3 is 2.44 bits per heavy atom.